The van der Waals surface area contributed by atoms with Crippen LogP contribution in [0.15, 0.2) is 0 Å². The van der Waals surface area contributed by atoms with Crippen LogP contribution in [-0.2, 0) is 0 Å². The standard InChI is InChI=1S/C19H38N2/c1-5-13-20-18-12-11-16(15(3)4)14-19(18)21(6-2)17-9-7-8-10-17/h15-20H,5-14H2,1-4H3. The Morgan fingerprint density at radius 2 is 1.76 bits per heavy atom. The molecule has 124 valence electrons. The van der Waals surface area contributed by atoms with Crippen LogP contribution < -0.4 is 5.32 Å². The van der Waals surface area contributed by atoms with Gasteiger partial charge in [-0.15, -0.1) is 0 Å². The second kappa shape index (κ2) is 8.53. The first-order chi connectivity index (χ1) is 10.2. The second-order valence-electron chi connectivity index (χ2n) is 7.71. The zero-order chi connectivity index (χ0) is 15.2. The van der Waals surface area contributed by atoms with E-state index in [4.69, 9.17) is 0 Å². The van der Waals surface area contributed by atoms with Crippen molar-refractivity contribution in [2.24, 2.45) is 11.8 Å². The molecule has 3 atom stereocenters. The van der Waals surface area contributed by atoms with Gasteiger partial charge in [-0.25, -0.2) is 0 Å². The first kappa shape index (κ1) is 17.3. The molecule has 0 aromatic heterocycles. The summed E-state index contributed by atoms with van der Waals surface area (Å²) in [5.41, 5.74) is 0. The normalized spacial score (nSPS) is 31.4. The number of rotatable bonds is 7. The van der Waals surface area contributed by atoms with Gasteiger partial charge in [0.2, 0.25) is 0 Å². The minimum absolute atomic E-state index is 0.737. The van der Waals surface area contributed by atoms with Crippen LogP contribution >= 0.6 is 0 Å². The Hall–Kier alpha value is -0.0800. The largest absolute Gasteiger partial charge is 0.312 e. The molecule has 3 unspecified atom stereocenters. The summed E-state index contributed by atoms with van der Waals surface area (Å²) in [4.78, 5) is 2.88. The van der Waals surface area contributed by atoms with Gasteiger partial charge in [0.15, 0.2) is 0 Å². The molecule has 0 heterocycles. The molecule has 0 aromatic carbocycles. The molecule has 2 heteroatoms. The molecule has 2 rings (SSSR count). The van der Waals surface area contributed by atoms with Gasteiger partial charge in [-0.3, -0.25) is 4.90 Å². The Balaban J connectivity index is 2.06. The molecule has 2 fully saturated rings. The van der Waals surface area contributed by atoms with Crippen LogP contribution in [0.3, 0.4) is 0 Å². The molecule has 0 amide bonds. The van der Waals surface area contributed by atoms with E-state index < -0.39 is 0 Å². The number of likely N-dealkylation sites (N-methyl/N-ethyl adjacent to an activating group) is 1. The highest BCUT2D eigenvalue weighted by Crippen LogP contribution is 2.36. The molecule has 2 nitrogen and oxygen atoms in total. The van der Waals surface area contributed by atoms with Crippen LogP contribution in [0.1, 0.15) is 79.1 Å². The predicted molar refractivity (Wildman–Crippen MR) is 92.7 cm³/mol. The number of nitrogens with zero attached hydrogens (tertiary/aromatic N) is 1. The quantitative estimate of drug-likeness (QED) is 0.746. The lowest BCUT2D eigenvalue weighted by atomic mass is 9.76. The van der Waals surface area contributed by atoms with Gasteiger partial charge in [-0.1, -0.05) is 40.5 Å². The average molecular weight is 295 g/mol. The number of hydrogen-bond donors (Lipinski definition) is 1. The summed E-state index contributed by atoms with van der Waals surface area (Å²) in [7, 11) is 0. The molecule has 0 aromatic rings. The Morgan fingerprint density at radius 3 is 2.33 bits per heavy atom. The van der Waals surface area contributed by atoms with Crippen molar-refractivity contribution >= 4 is 0 Å². The maximum atomic E-state index is 3.88. The topological polar surface area (TPSA) is 15.3 Å². The fourth-order valence-corrected chi connectivity index (χ4v) is 4.72. The Kier molecular flexibility index (Phi) is 7.01. The average Bonchev–Trinajstić information content (AvgIpc) is 3.00. The molecular formula is C19H38N2. The molecule has 0 radical (unpaired) electrons. The summed E-state index contributed by atoms with van der Waals surface area (Å²) in [6.07, 6.45) is 11.3. The van der Waals surface area contributed by atoms with Crippen molar-refractivity contribution < 1.29 is 0 Å². The summed E-state index contributed by atoms with van der Waals surface area (Å²) in [6, 6.07) is 2.39. The van der Waals surface area contributed by atoms with Gasteiger partial charge >= 0.3 is 0 Å². The van der Waals surface area contributed by atoms with E-state index in [2.05, 4.69) is 37.9 Å². The summed E-state index contributed by atoms with van der Waals surface area (Å²) >= 11 is 0. The van der Waals surface area contributed by atoms with Crippen molar-refractivity contribution in [3.63, 3.8) is 0 Å². The van der Waals surface area contributed by atoms with E-state index in [9.17, 15) is 0 Å². The number of hydrogen-bond acceptors (Lipinski definition) is 2. The van der Waals surface area contributed by atoms with E-state index >= 15 is 0 Å². The zero-order valence-electron chi connectivity index (χ0n) is 14.9. The van der Waals surface area contributed by atoms with E-state index in [-0.39, 0.29) is 0 Å². The summed E-state index contributed by atoms with van der Waals surface area (Å²) in [5.74, 6) is 1.78. The van der Waals surface area contributed by atoms with Crippen LogP contribution in [0, 0.1) is 11.8 Å². The Labute approximate surface area is 133 Å². The fraction of sp³-hybridized carbons (Fsp3) is 1.00. The first-order valence-electron chi connectivity index (χ1n) is 9.66. The lowest BCUT2D eigenvalue weighted by Crippen LogP contribution is -2.56. The predicted octanol–water partition coefficient (Wildman–Crippen LogP) is 4.44. The maximum Gasteiger partial charge on any atom is 0.0254 e. The molecule has 21 heavy (non-hydrogen) atoms. The van der Waals surface area contributed by atoms with Crippen molar-refractivity contribution in [1.29, 1.82) is 0 Å². The lowest BCUT2D eigenvalue weighted by Gasteiger charge is -2.46. The maximum absolute atomic E-state index is 3.88. The van der Waals surface area contributed by atoms with Gasteiger partial charge < -0.3 is 5.32 Å². The van der Waals surface area contributed by atoms with Gasteiger partial charge in [-0.05, 0) is 63.5 Å². The molecular weight excluding hydrogens is 256 g/mol. The van der Waals surface area contributed by atoms with Crippen LogP contribution in [0.4, 0.5) is 0 Å². The van der Waals surface area contributed by atoms with Crippen LogP contribution in [0.25, 0.3) is 0 Å². The van der Waals surface area contributed by atoms with Gasteiger partial charge in [-0.2, -0.15) is 0 Å². The molecule has 2 aliphatic carbocycles. The molecule has 2 saturated carbocycles. The van der Waals surface area contributed by atoms with Crippen molar-refractivity contribution in [2.45, 2.75) is 97.2 Å². The second-order valence-corrected chi connectivity index (χ2v) is 7.71. The first-order valence-corrected chi connectivity index (χ1v) is 9.66. The van der Waals surface area contributed by atoms with Gasteiger partial charge in [0, 0.05) is 18.1 Å². The van der Waals surface area contributed by atoms with Crippen molar-refractivity contribution in [1.82, 2.24) is 10.2 Å². The van der Waals surface area contributed by atoms with Crippen molar-refractivity contribution in [3.05, 3.63) is 0 Å². The minimum Gasteiger partial charge on any atom is -0.312 e. The van der Waals surface area contributed by atoms with Crippen LogP contribution in [0.2, 0.25) is 0 Å². The third-order valence-electron chi connectivity index (χ3n) is 6.04. The fourth-order valence-electron chi connectivity index (χ4n) is 4.72. The molecule has 0 saturated heterocycles. The summed E-state index contributed by atoms with van der Waals surface area (Å²) < 4.78 is 0. The lowest BCUT2D eigenvalue weighted by molar-refractivity contribution is 0.0556. The Bertz CT molecular complexity index is 283. The van der Waals surface area contributed by atoms with Gasteiger partial charge in [0.05, 0.1) is 0 Å². The molecule has 1 N–H and O–H groups in total. The molecule has 2 aliphatic rings. The third kappa shape index (κ3) is 4.45. The van der Waals surface area contributed by atoms with E-state index in [1.165, 1.54) is 64.5 Å². The van der Waals surface area contributed by atoms with Gasteiger partial charge in [0.1, 0.15) is 0 Å². The third-order valence-corrected chi connectivity index (χ3v) is 6.04. The van der Waals surface area contributed by atoms with E-state index in [0.717, 1.165) is 30.0 Å². The molecule has 0 bridgehead atoms. The monoisotopic (exact) mass is 294 g/mol. The highest BCUT2D eigenvalue weighted by Gasteiger charge is 2.37. The van der Waals surface area contributed by atoms with Crippen LogP contribution in [0.5, 0.6) is 0 Å². The summed E-state index contributed by atoms with van der Waals surface area (Å²) in [6.45, 7) is 11.9. The smallest absolute Gasteiger partial charge is 0.0254 e. The van der Waals surface area contributed by atoms with Crippen molar-refractivity contribution in [2.75, 3.05) is 13.1 Å². The highest BCUT2D eigenvalue weighted by molar-refractivity contribution is 4.94. The zero-order valence-corrected chi connectivity index (χ0v) is 14.9. The Morgan fingerprint density at radius 1 is 1.05 bits per heavy atom. The number of nitrogens with one attached hydrogen (secondary N) is 1. The molecule has 0 spiro atoms. The van der Waals surface area contributed by atoms with Gasteiger partial charge in [0.25, 0.3) is 0 Å². The van der Waals surface area contributed by atoms with E-state index in [1.807, 2.05) is 0 Å². The van der Waals surface area contributed by atoms with Crippen molar-refractivity contribution in [3.8, 4) is 0 Å². The minimum atomic E-state index is 0.737. The van der Waals surface area contributed by atoms with E-state index in [0.29, 0.717) is 0 Å². The summed E-state index contributed by atoms with van der Waals surface area (Å²) in [5, 5.41) is 3.88. The van der Waals surface area contributed by atoms with Crippen LogP contribution in [-0.4, -0.2) is 36.1 Å². The molecule has 0 aliphatic heterocycles. The van der Waals surface area contributed by atoms with E-state index in [1.54, 1.807) is 0 Å². The highest BCUT2D eigenvalue weighted by atomic mass is 15.2. The SMILES string of the molecule is CCCNC1CCC(C(C)C)CC1N(CC)C1CCCC1.